The molecule has 0 unspecified atom stereocenters. The number of hydrogen-bond acceptors (Lipinski definition) is 2. The van der Waals surface area contributed by atoms with Gasteiger partial charge in [0.15, 0.2) is 0 Å². The lowest BCUT2D eigenvalue weighted by Gasteiger charge is -2.39. The molecule has 0 bridgehead atoms. The summed E-state index contributed by atoms with van der Waals surface area (Å²) >= 11 is 0. The van der Waals surface area contributed by atoms with Gasteiger partial charge in [0.25, 0.3) is 0 Å². The Kier molecular flexibility index (Phi) is 17.0. The van der Waals surface area contributed by atoms with E-state index in [0.29, 0.717) is 0 Å². The Morgan fingerprint density at radius 3 is 1.20 bits per heavy atom. The molecule has 0 heterocycles. The molecule has 0 aromatic carbocycles. The van der Waals surface area contributed by atoms with E-state index in [2.05, 4.69) is 51.8 Å². The monoisotopic (exact) mass is 286 g/mol. The zero-order valence-electron chi connectivity index (χ0n) is 15.7. The standard InChI is InChI=1S/C10H22N2.C6H14.C2H6/c1-11(2)9-7-5-6-8-10(9)12(3)4;1-3-5-6-4-2;1-2/h9-10H,5-8H2,1-4H3;3-6H2,1-2H3;1-2H3/t9-,10-;;/m0../s1. The lowest BCUT2D eigenvalue weighted by Crippen LogP contribution is -2.48. The Morgan fingerprint density at radius 1 is 0.700 bits per heavy atom. The van der Waals surface area contributed by atoms with Crippen LogP contribution >= 0.6 is 0 Å². The molecule has 0 saturated heterocycles. The summed E-state index contributed by atoms with van der Waals surface area (Å²) in [5, 5.41) is 0. The molecule has 0 aliphatic heterocycles. The van der Waals surface area contributed by atoms with Crippen molar-refractivity contribution in [2.75, 3.05) is 28.2 Å². The first-order valence-corrected chi connectivity index (χ1v) is 8.87. The van der Waals surface area contributed by atoms with Gasteiger partial charge in [0.05, 0.1) is 0 Å². The molecule has 0 aromatic rings. The van der Waals surface area contributed by atoms with Gasteiger partial charge < -0.3 is 9.80 Å². The van der Waals surface area contributed by atoms with Gasteiger partial charge in [0.1, 0.15) is 0 Å². The van der Waals surface area contributed by atoms with Gasteiger partial charge in [-0.05, 0) is 41.0 Å². The molecule has 1 rings (SSSR count). The maximum Gasteiger partial charge on any atom is 0.0245 e. The summed E-state index contributed by atoms with van der Waals surface area (Å²) in [6, 6.07) is 1.54. The molecule has 1 aliphatic carbocycles. The van der Waals surface area contributed by atoms with Crippen LogP contribution in [0.15, 0.2) is 0 Å². The Balaban J connectivity index is 0. The van der Waals surface area contributed by atoms with Crippen LogP contribution in [0, 0.1) is 0 Å². The third-order valence-corrected chi connectivity index (χ3v) is 3.98. The first-order valence-electron chi connectivity index (χ1n) is 8.87. The highest BCUT2D eigenvalue weighted by Gasteiger charge is 2.27. The van der Waals surface area contributed by atoms with Crippen molar-refractivity contribution >= 4 is 0 Å². The zero-order chi connectivity index (χ0) is 16.0. The molecular weight excluding hydrogens is 244 g/mol. The maximum atomic E-state index is 2.38. The van der Waals surface area contributed by atoms with Crippen molar-refractivity contribution in [3.8, 4) is 0 Å². The van der Waals surface area contributed by atoms with Gasteiger partial charge in [-0.1, -0.05) is 66.2 Å². The molecule has 0 aromatic heterocycles. The summed E-state index contributed by atoms with van der Waals surface area (Å²) in [6.45, 7) is 8.46. The third-order valence-electron chi connectivity index (χ3n) is 3.98. The lowest BCUT2D eigenvalue weighted by atomic mass is 9.89. The van der Waals surface area contributed by atoms with Gasteiger partial charge in [0.2, 0.25) is 0 Å². The summed E-state index contributed by atoms with van der Waals surface area (Å²) in [7, 11) is 8.80. The molecule has 124 valence electrons. The lowest BCUT2D eigenvalue weighted by molar-refractivity contribution is 0.110. The molecule has 20 heavy (non-hydrogen) atoms. The van der Waals surface area contributed by atoms with Crippen molar-refractivity contribution in [3.63, 3.8) is 0 Å². The van der Waals surface area contributed by atoms with E-state index in [4.69, 9.17) is 0 Å². The van der Waals surface area contributed by atoms with Gasteiger partial charge >= 0.3 is 0 Å². The quantitative estimate of drug-likeness (QED) is 0.654. The van der Waals surface area contributed by atoms with Crippen LogP contribution in [0.3, 0.4) is 0 Å². The van der Waals surface area contributed by atoms with Gasteiger partial charge in [-0.3, -0.25) is 0 Å². The number of unbranched alkanes of at least 4 members (excludes halogenated alkanes) is 3. The van der Waals surface area contributed by atoms with E-state index in [1.807, 2.05) is 13.8 Å². The maximum absolute atomic E-state index is 2.38. The minimum absolute atomic E-state index is 0.772. The molecule has 1 aliphatic rings. The van der Waals surface area contributed by atoms with E-state index in [9.17, 15) is 0 Å². The van der Waals surface area contributed by atoms with Crippen molar-refractivity contribution < 1.29 is 0 Å². The number of hydrogen-bond donors (Lipinski definition) is 0. The molecular formula is C18H42N2. The van der Waals surface area contributed by atoms with Crippen molar-refractivity contribution in [1.82, 2.24) is 9.80 Å². The van der Waals surface area contributed by atoms with E-state index >= 15 is 0 Å². The van der Waals surface area contributed by atoms with Gasteiger partial charge in [-0.2, -0.15) is 0 Å². The molecule has 0 amide bonds. The van der Waals surface area contributed by atoms with E-state index in [1.54, 1.807) is 0 Å². The second kappa shape index (κ2) is 15.3. The van der Waals surface area contributed by atoms with E-state index in [-0.39, 0.29) is 0 Å². The highest BCUT2D eigenvalue weighted by molar-refractivity contribution is 4.85. The molecule has 0 spiro atoms. The van der Waals surface area contributed by atoms with Crippen LogP contribution in [-0.4, -0.2) is 50.1 Å². The number of rotatable bonds is 5. The topological polar surface area (TPSA) is 6.48 Å². The highest BCUT2D eigenvalue weighted by Crippen LogP contribution is 2.24. The van der Waals surface area contributed by atoms with Gasteiger partial charge in [0, 0.05) is 12.1 Å². The fourth-order valence-corrected chi connectivity index (χ4v) is 2.80. The molecule has 1 saturated carbocycles. The predicted octanol–water partition coefficient (Wildman–Crippen LogP) is 5.03. The minimum atomic E-state index is 0.772. The first kappa shape index (κ1) is 22.2. The van der Waals surface area contributed by atoms with Crippen molar-refractivity contribution in [1.29, 1.82) is 0 Å². The molecule has 0 radical (unpaired) electrons. The van der Waals surface area contributed by atoms with Gasteiger partial charge in [-0.15, -0.1) is 0 Å². The Hall–Kier alpha value is -0.0800. The zero-order valence-corrected chi connectivity index (χ0v) is 15.7. The van der Waals surface area contributed by atoms with Gasteiger partial charge in [-0.25, -0.2) is 0 Å². The van der Waals surface area contributed by atoms with Crippen LogP contribution in [0.5, 0.6) is 0 Å². The summed E-state index contributed by atoms with van der Waals surface area (Å²) in [4.78, 5) is 4.76. The summed E-state index contributed by atoms with van der Waals surface area (Å²) in [6.07, 6.45) is 11.1. The summed E-state index contributed by atoms with van der Waals surface area (Å²) < 4.78 is 0. The molecule has 2 atom stereocenters. The Labute approximate surface area is 129 Å². The number of likely N-dealkylation sites (N-methyl/N-ethyl adjacent to an activating group) is 2. The number of nitrogens with zero attached hydrogens (tertiary/aromatic N) is 2. The molecule has 0 N–H and O–H groups in total. The Morgan fingerprint density at radius 2 is 1.00 bits per heavy atom. The Bertz CT molecular complexity index is 158. The SMILES string of the molecule is CC.CCCCCC.CN(C)[C@H]1CCCC[C@@H]1N(C)C. The molecule has 2 nitrogen and oxygen atoms in total. The average molecular weight is 287 g/mol. The van der Waals surface area contributed by atoms with E-state index < -0.39 is 0 Å². The summed E-state index contributed by atoms with van der Waals surface area (Å²) in [5.74, 6) is 0. The smallest absolute Gasteiger partial charge is 0.0245 e. The second-order valence-electron chi connectivity index (χ2n) is 6.05. The van der Waals surface area contributed by atoms with Crippen LogP contribution in [0.1, 0.15) is 79.1 Å². The van der Waals surface area contributed by atoms with Crippen LogP contribution in [0.4, 0.5) is 0 Å². The molecule has 1 fully saturated rings. The van der Waals surface area contributed by atoms with Crippen LogP contribution in [0.2, 0.25) is 0 Å². The van der Waals surface area contributed by atoms with Crippen LogP contribution < -0.4 is 0 Å². The fourth-order valence-electron chi connectivity index (χ4n) is 2.80. The minimum Gasteiger partial charge on any atom is -0.305 e. The van der Waals surface area contributed by atoms with Crippen LogP contribution in [-0.2, 0) is 0 Å². The first-order chi connectivity index (χ1) is 9.54. The second-order valence-corrected chi connectivity index (χ2v) is 6.05. The van der Waals surface area contributed by atoms with E-state index in [1.165, 1.54) is 51.4 Å². The molecule has 2 heteroatoms. The average Bonchev–Trinajstić information content (AvgIpc) is 2.47. The largest absolute Gasteiger partial charge is 0.305 e. The van der Waals surface area contributed by atoms with Crippen molar-refractivity contribution in [2.45, 2.75) is 91.1 Å². The predicted molar refractivity (Wildman–Crippen MR) is 94.6 cm³/mol. The van der Waals surface area contributed by atoms with Crippen LogP contribution in [0.25, 0.3) is 0 Å². The summed E-state index contributed by atoms with van der Waals surface area (Å²) in [5.41, 5.74) is 0. The van der Waals surface area contributed by atoms with E-state index in [0.717, 1.165) is 12.1 Å². The highest BCUT2D eigenvalue weighted by atomic mass is 15.2. The fraction of sp³-hybridized carbons (Fsp3) is 1.00. The van der Waals surface area contributed by atoms with Crippen molar-refractivity contribution in [3.05, 3.63) is 0 Å². The third kappa shape index (κ3) is 10.7. The normalized spacial score (nSPS) is 21.9. The van der Waals surface area contributed by atoms with Crippen molar-refractivity contribution in [2.24, 2.45) is 0 Å².